The fourth-order valence-corrected chi connectivity index (χ4v) is 8.78. The third-order valence-corrected chi connectivity index (χ3v) is 15.3. The zero-order valence-corrected chi connectivity index (χ0v) is 26.3. The summed E-state index contributed by atoms with van der Waals surface area (Å²) in [5.41, 5.74) is 0.00668. The van der Waals surface area contributed by atoms with Gasteiger partial charge in [-0.25, -0.2) is 4.79 Å². The zero-order valence-electron chi connectivity index (χ0n) is 24.4. The number of carbonyl (C=O) groups excluding carboxylic acids is 2. The maximum Gasteiger partial charge on any atom is 0.358 e. The van der Waals surface area contributed by atoms with Gasteiger partial charge in [-0.2, -0.15) is 0 Å². The molecule has 1 fully saturated rings. The minimum atomic E-state index is -3.71. The second-order valence-corrected chi connectivity index (χ2v) is 19.1. The molecule has 0 saturated carbocycles. The van der Waals surface area contributed by atoms with Crippen molar-refractivity contribution >= 4 is 38.2 Å². The van der Waals surface area contributed by atoms with E-state index in [9.17, 15) is 14.2 Å². The van der Waals surface area contributed by atoms with Crippen LogP contribution in [0.3, 0.4) is 0 Å². The molecule has 2 aromatic rings. The lowest BCUT2D eigenvalue weighted by Gasteiger charge is -2.49. The van der Waals surface area contributed by atoms with Crippen LogP contribution < -0.4 is 10.6 Å². The first-order chi connectivity index (χ1) is 18.7. The number of fused-ring (bicyclic) bond motifs is 1. The second-order valence-electron chi connectivity index (χ2n) is 12.0. The molecule has 2 aliphatic heterocycles. The largest absolute Gasteiger partial charge is 0.457 e. The number of rotatable bonds is 10. The van der Waals surface area contributed by atoms with Gasteiger partial charge in [0.05, 0.1) is 28.7 Å². The number of amides is 1. The Balaban J connectivity index is 1.76. The lowest BCUT2D eigenvalue weighted by atomic mass is 9.79. The summed E-state index contributed by atoms with van der Waals surface area (Å²) in [5, 5.41) is 0.956. The summed E-state index contributed by atoms with van der Waals surface area (Å²) in [6, 6.07) is 17.5. The van der Waals surface area contributed by atoms with E-state index in [1.165, 1.54) is 11.0 Å². The van der Waals surface area contributed by atoms with Crippen LogP contribution in [-0.4, -0.2) is 43.8 Å². The molecule has 2 aliphatic rings. The van der Waals surface area contributed by atoms with Gasteiger partial charge in [0, 0.05) is 5.92 Å². The maximum absolute atomic E-state index is 14.8. The van der Waals surface area contributed by atoms with Crippen molar-refractivity contribution in [3.63, 3.8) is 0 Å². The highest BCUT2D eigenvalue weighted by Crippen LogP contribution is 2.55. The summed E-state index contributed by atoms with van der Waals surface area (Å²) in [6.07, 6.45) is 1.10. The molecular formula is C31H40NO6PSi. The Labute approximate surface area is 238 Å². The van der Waals surface area contributed by atoms with Crippen LogP contribution in [0.15, 0.2) is 84.8 Å². The summed E-state index contributed by atoms with van der Waals surface area (Å²) in [4.78, 5) is 28.5. The summed E-state index contributed by atoms with van der Waals surface area (Å²) >= 11 is 0. The van der Waals surface area contributed by atoms with Gasteiger partial charge < -0.3 is 13.7 Å². The Bertz CT molecular complexity index is 1310. The molecule has 4 rings (SSSR count). The SMILES string of the molecule is C=CCOC(=O)C1=C(OP(=O)(c2ccccc2)c2ccccc2)C(C)C2C(C(C)O[Si](C)(C)C(C)(C)C)C(=O)N12. The molecule has 0 N–H and O–H groups in total. The lowest BCUT2D eigenvalue weighted by molar-refractivity contribution is -0.163. The average Bonchev–Trinajstić information content (AvgIpc) is 3.14. The quantitative estimate of drug-likeness (QED) is 0.117. The van der Waals surface area contributed by atoms with E-state index >= 15 is 0 Å². The molecule has 9 heteroatoms. The summed E-state index contributed by atoms with van der Waals surface area (Å²) in [5.74, 6) is -1.62. The first-order valence-electron chi connectivity index (χ1n) is 13.7. The van der Waals surface area contributed by atoms with Gasteiger partial charge in [0.1, 0.15) is 12.4 Å². The molecule has 1 saturated heterocycles. The summed E-state index contributed by atoms with van der Waals surface area (Å²) < 4.78 is 33.3. The Morgan fingerprint density at radius 2 is 1.60 bits per heavy atom. The van der Waals surface area contributed by atoms with E-state index in [0.29, 0.717) is 10.6 Å². The van der Waals surface area contributed by atoms with Crippen LogP contribution in [0.2, 0.25) is 18.1 Å². The van der Waals surface area contributed by atoms with E-state index in [2.05, 4.69) is 40.4 Å². The van der Waals surface area contributed by atoms with Crippen molar-refractivity contribution in [3.05, 3.63) is 84.8 Å². The smallest absolute Gasteiger partial charge is 0.358 e. The molecule has 40 heavy (non-hydrogen) atoms. The molecule has 0 aromatic heterocycles. The minimum absolute atomic E-state index is 0.00668. The van der Waals surface area contributed by atoms with Crippen molar-refractivity contribution < 1.29 is 27.8 Å². The van der Waals surface area contributed by atoms with Gasteiger partial charge in [0.15, 0.2) is 14.0 Å². The summed E-state index contributed by atoms with van der Waals surface area (Å²) in [7, 11) is -5.88. The van der Waals surface area contributed by atoms with Gasteiger partial charge in [-0.05, 0) is 49.3 Å². The van der Waals surface area contributed by atoms with Crippen LogP contribution in [-0.2, 0) is 27.8 Å². The van der Waals surface area contributed by atoms with Crippen LogP contribution in [0.4, 0.5) is 0 Å². The Kier molecular flexibility index (Phi) is 8.37. The number of benzene rings is 2. The number of β-lactam (4-membered cyclic amide) rings is 1. The molecule has 214 valence electrons. The van der Waals surface area contributed by atoms with E-state index in [-0.39, 0.29) is 41.2 Å². The van der Waals surface area contributed by atoms with Crippen molar-refractivity contribution in [2.75, 3.05) is 6.61 Å². The third-order valence-electron chi connectivity index (χ3n) is 8.33. The molecule has 0 radical (unpaired) electrons. The van der Waals surface area contributed by atoms with Gasteiger partial charge >= 0.3 is 13.3 Å². The molecule has 4 atom stereocenters. The zero-order chi connectivity index (χ0) is 29.5. The number of carbonyl (C=O) groups is 2. The van der Waals surface area contributed by atoms with Crippen LogP contribution in [0.1, 0.15) is 34.6 Å². The molecule has 0 bridgehead atoms. The average molecular weight is 582 g/mol. The van der Waals surface area contributed by atoms with Gasteiger partial charge in [-0.15, -0.1) is 0 Å². The van der Waals surface area contributed by atoms with Crippen LogP contribution in [0.5, 0.6) is 0 Å². The number of esters is 1. The molecule has 0 spiro atoms. The van der Waals surface area contributed by atoms with Gasteiger partial charge in [0.2, 0.25) is 5.91 Å². The molecular weight excluding hydrogens is 541 g/mol. The normalized spacial score (nSPS) is 21.9. The molecule has 7 nitrogen and oxygen atoms in total. The number of hydrogen-bond acceptors (Lipinski definition) is 6. The van der Waals surface area contributed by atoms with Gasteiger partial charge in [-0.3, -0.25) is 14.3 Å². The van der Waals surface area contributed by atoms with Crippen LogP contribution in [0.25, 0.3) is 0 Å². The van der Waals surface area contributed by atoms with Crippen molar-refractivity contribution in [3.8, 4) is 0 Å². The van der Waals surface area contributed by atoms with Gasteiger partial charge in [-0.1, -0.05) is 76.7 Å². The Hall–Kier alpha value is -2.93. The fraction of sp³-hybridized carbons (Fsp3) is 0.419. The lowest BCUT2D eigenvalue weighted by Crippen LogP contribution is -2.65. The summed E-state index contributed by atoms with van der Waals surface area (Å²) in [6.45, 7) is 18.2. The van der Waals surface area contributed by atoms with E-state index < -0.39 is 33.5 Å². The molecule has 1 amide bonds. The van der Waals surface area contributed by atoms with E-state index in [0.717, 1.165) is 0 Å². The first kappa shape index (κ1) is 30.0. The predicted octanol–water partition coefficient (Wildman–Crippen LogP) is 5.76. The van der Waals surface area contributed by atoms with Crippen molar-refractivity contribution in [1.29, 1.82) is 0 Å². The molecule has 4 unspecified atom stereocenters. The monoisotopic (exact) mass is 581 g/mol. The van der Waals surface area contributed by atoms with Crippen molar-refractivity contribution in [2.24, 2.45) is 11.8 Å². The fourth-order valence-electron chi connectivity index (χ4n) is 5.18. The standard InChI is InChI=1S/C31H40NO6PSi/c1-9-20-36-30(34)27-28(37-39(35,23-16-12-10-13-17-23)24-18-14-11-15-19-24)21(2)26-25(29(33)32(26)27)22(3)38-40(7,8)31(4,5)6/h9-19,21-22,25-26H,1,20H2,2-8H3. The number of hydrogen-bond donors (Lipinski definition) is 0. The van der Waals surface area contributed by atoms with Crippen LogP contribution in [0, 0.1) is 11.8 Å². The number of ether oxygens (including phenoxy) is 1. The van der Waals surface area contributed by atoms with Crippen molar-refractivity contribution in [1.82, 2.24) is 4.90 Å². The second kappa shape index (κ2) is 11.2. The predicted molar refractivity (Wildman–Crippen MR) is 160 cm³/mol. The minimum Gasteiger partial charge on any atom is -0.457 e. The highest BCUT2D eigenvalue weighted by atomic mass is 31.2. The molecule has 2 aromatic carbocycles. The van der Waals surface area contributed by atoms with E-state index in [4.69, 9.17) is 13.7 Å². The highest BCUT2D eigenvalue weighted by Gasteiger charge is 2.62. The maximum atomic E-state index is 14.8. The third kappa shape index (κ3) is 5.25. The molecule has 2 heterocycles. The Morgan fingerprint density at radius 3 is 2.08 bits per heavy atom. The van der Waals surface area contributed by atoms with Crippen molar-refractivity contribution in [2.45, 2.75) is 64.9 Å². The first-order valence-corrected chi connectivity index (χ1v) is 18.2. The van der Waals surface area contributed by atoms with E-state index in [1.54, 1.807) is 48.5 Å². The van der Waals surface area contributed by atoms with Gasteiger partial charge in [0.25, 0.3) is 0 Å². The van der Waals surface area contributed by atoms with Crippen LogP contribution >= 0.6 is 7.37 Å². The number of nitrogens with zero attached hydrogens (tertiary/aromatic N) is 1. The van der Waals surface area contributed by atoms with E-state index in [1.807, 2.05) is 26.0 Å². The molecule has 0 aliphatic carbocycles. The topological polar surface area (TPSA) is 82.1 Å². The highest BCUT2D eigenvalue weighted by molar-refractivity contribution is 7.74. The Morgan fingerprint density at radius 1 is 1.07 bits per heavy atom.